The van der Waals surface area contributed by atoms with Gasteiger partial charge in [0.05, 0.1) is 6.10 Å². The van der Waals surface area contributed by atoms with Gasteiger partial charge in [-0.3, -0.25) is 9.80 Å². The van der Waals surface area contributed by atoms with Crippen LogP contribution in [0.1, 0.15) is 38.5 Å². The van der Waals surface area contributed by atoms with E-state index < -0.39 is 11.9 Å². The number of carbonyl (C=O) groups is 2. The molecule has 0 aromatic rings. The second-order valence-electron chi connectivity index (χ2n) is 6.88. The lowest BCUT2D eigenvalue weighted by atomic mass is 9.91. The Balaban J connectivity index is 0.00000243. The zero-order chi connectivity index (χ0) is 17.8. The smallest absolute Gasteiger partial charge is 0.329 e. The Labute approximate surface area is 163 Å². The number of hydrogen-bond donors (Lipinski definition) is 3. The zero-order valence-electron chi connectivity index (χ0n) is 14.6. The van der Waals surface area contributed by atoms with Crippen LogP contribution in [0.5, 0.6) is 0 Å². The molecule has 3 aliphatic rings. The number of aliphatic carboxylic acids is 1. The fourth-order valence-electron chi connectivity index (χ4n) is 3.86. The lowest BCUT2D eigenvalue weighted by molar-refractivity contribution is -0.145. The van der Waals surface area contributed by atoms with E-state index in [2.05, 4.69) is 15.4 Å². The fraction of sp³-hybridized carbons (Fsp3) is 0.812. The first-order chi connectivity index (χ1) is 12.0. The third-order valence-electron chi connectivity index (χ3n) is 5.16. The van der Waals surface area contributed by atoms with E-state index in [1.807, 2.05) is 0 Å². The molecule has 2 aliphatic heterocycles. The van der Waals surface area contributed by atoms with Crippen LogP contribution in [0.3, 0.4) is 0 Å². The van der Waals surface area contributed by atoms with Crippen LogP contribution in [0.25, 0.3) is 0 Å². The molecule has 148 valence electrons. The van der Waals surface area contributed by atoms with E-state index in [1.54, 1.807) is 0 Å². The summed E-state index contributed by atoms with van der Waals surface area (Å²) in [5.74, 6) is -0.891. The Morgan fingerprint density at radius 1 is 1.23 bits per heavy atom. The molecule has 2 heterocycles. The van der Waals surface area contributed by atoms with E-state index in [1.165, 1.54) is 11.8 Å². The molecule has 1 aliphatic carbocycles. The number of hydrogen-bond acceptors (Lipinski definition) is 7. The molecular weight excluding hydrogens is 380 g/mol. The molecule has 0 aromatic carbocycles. The predicted molar refractivity (Wildman–Crippen MR) is 102 cm³/mol. The van der Waals surface area contributed by atoms with Crippen molar-refractivity contribution >= 4 is 41.1 Å². The highest BCUT2D eigenvalue weighted by Crippen LogP contribution is 2.40. The minimum Gasteiger partial charge on any atom is -0.480 e. The van der Waals surface area contributed by atoms with Crippen molar-refractivity contribution in [3.63, 3.8) is 0 Å². The van der Waals surface area contributed by atoms with Crippen molar-refractivity contribution in [1.29, 1.82) is 0 Å². The van der Waals surface area contributed by atoms with E-state index in [-0.39, 0.29) is 36.5 Å². The van der Waals surface area contributed by atoms with Gasteiger partial charge in [-0.1, -0.05) is 11.8 Å². The average Bonchev–Trinajstić information content (AvgIpc) is 3.07. The van der Waals surface area contributed by atoms with Crippen LogP contribution in [-0.2, 0) is 14.3 Å². The van der Waals surface area contributed by atoms with Crippen LogP contribution < -0.4 is 11.1 Å². The highest BCUT2D eigenvalue weighted by molar-refractivity contribution is 8.16. The summed E-state index contributed by atoms with van der Waals surface area (Å²) >= 11 is 1.51. The molecule has 4 N–H and O–H groups in total. The van der Waals surface area contributed by atoms with Crippen molar-refractivity contribution < 1.29 is 19.4 Å². The van der Waals surface area contributed by atoms with Gasteiger partial charge < -0.3 is 20.9 Å². The van der Waals surface area contributed by atoms with Crippen LogP contribution in [0.15, 0.2) is 5.10 Å². The maximum atomic E-state index is 11.6. The summed E-state index contributed by atoms with van der Waals surface area (Å²) in [5, 5.41) is 19.3. The molecule has 0 aromatic heterocycles. The molecule has 10 heteroatoms. The van der Waals surface area contributed by atoms with E-state index in [0.29, 0.717) is 11.0 Å². The van der Waals surface area contributed by atoms with Gasteiger partial charge in [0.15, 0.2) is 5.04 Å². The highest BCUT2D eigenvalue weighted by atomic mass is 35.5. The van der Waals surface area contributed by atoms with Gasteiger partial charge in [0, 0.05) is 6.04 Å². The summed E-state index contributed by atoms with van der Waals surface area (Å²) in [6, 6.07) is 0.258. The first-order valence-corrected chi connectivity index (χ1v) is 9.80. The lowest BCUT2D eigenvalue weighted by Gasteiger charge is -2.39. The number of nitrogens with zero attached hydrogens (tertiary/aromatic N) is 2. The number of ether oxygens (including phenoxy) is 1. The number of amides is 1. The zero-order valence-corrected chi connectivity index (χ0v) is 16.3. The van der Waals surface area contributed by atoms with Crippen molar-refractivity contribution in [1.82, 2.24) is 10.3 Å². The van der Waals surface area contributed by atoms with Crippen molar-refractivity contribution in [2.24, 2.45) is 16.8 Å². The number of rotatable bonds is 6. The molecule has 2 fully saturated rings. The number of halogens is 1. The molecule has 3 rings (SSSR count). The Hall–Kier alpha value is -1.03. The van der Waals surface area contributed by atoms with E-state index >= 15 is 0 Å². The first-order valence-electron chi connectivity index (χ1n) is 8.92. The van der Waals surface area contributed by atoms with Crippen molar-refractivity contribution in [3.05, 3.63) is 0 Å². The lowest BCUT2D eigenvalue weighted by Crippen LogP contribution is -2.44. The van der Waals surface area contributed by atoms with Gasteiger partial charge in [0.25, 0.3) is 5.91 Å². The molecule has 1 amide bonds. The quantitative estimate of drug-likeness (QED) is 0.602. The summed E-state index contributed by atoms with van der Waals surface area (Å²) < 4.78 is 5.42. The number of thioether (sulfide) groups is 1. The van der Waals surface area contributed by atoms with Gasteiger partial charge in [0.2, 0.25) is 0 Å². The number of nitrogens with two attached hydrogens (primary N) is 1. The Bertz CT molecular complexity index is 536. The highest BCUT2D eigenvalue weighted by Gasteiger charge is 2.40. The summed E-state index contributed by atoms with van der Waals surface area (Å²) in [4.78, 5) is 22.2. The first kappa shape index (κ1) is 21.3. The summed E-state index contributed by atoms with van der Waals surface area (Å²) in [6.45, 7) is 1.76. The van der Waals surface area contributed by atoms with Crippen LogP contribution in [-0.4, -0.2) is 64.3 Å². The van der Waals surface area contributed by atoms with Crippen LogP contribution in [0.2, 0.25) is 0 Å². The predicted octanol–water partition coefficient (Wildman–Crippen LogP) is 0.994. The SMILES string of the molecule is Cl.NC(=O)C1=NN([C@H]2CC[C@H](OCC(=O)O)CC2)C(C2CCNCC2)S1. The molecular formula is C16H27ClN4O4S. The topological polar surface area (TPSA) is 117 Å². The van der Waals surface area contributed by atoms with Crippen LogP contribution in [0, 0.1) is 5.92 Å². The van der Waals surface area contributed by atoms with Crippen molar-refractivity contribution in [3.8, 4) is 0 Å². The molecule has 0 spiro atoms. The van der Waals surface area contributed by atoms with Crippen molar-refractivity contribution in [2.45, 2.75) is 56.0 Å². The van der Waals surface area contributed by atoms with Crippen LogP contribution >= 0.6 is 24.2 Å². The third-order valence-corrected chi connectivity index (χ3v) is 6.51. The third kappa shape index (κ3) is 5.25. The maximum Gasteiger partial charge on any atom is 0.329 e. The van der Waals surface area contributed by atoms with E-state index in [4.69, 9.17) is 15.6 Å². The van der Waals surface area contributed by atoms with E-state index in [0.717, 1.165) is 51.6 Å². The number of carboxylic acids is 1. The molecule has 0 radical (unpaired) electrons. The number of primary amides is 1. The second kappa shape index (κ2) is 9.77. The number of nitrogens with one attached hydrogen (secondary N) is 1. The Kier molecular flexibility index (Phi) is 8.00. The van der Waals surface area contributed by atoms with Gasteiger partial charge in [-0.25, -0.2) is 4.79 Å². The van der Waals surface area contributed by atoms with Crippen molar-refractivity contribution in [2.75, 3.05) is 19.7 Å². The minimum atomic E-state index is -0.931. The minimum absolute atomic E-state index is 0. The van der Waals surface area contributed by atoms with Crippen LogP contribution in [0.4, 0.5) is 0 Å². The summed E-state index contributed by atoms with van der Waals surface area (Å²) in [7, 11) is 0. The number of hydrazone groups is 1. The normalized spacial score (nSPS) is 29.8. The largest absolute Gasteiger partial charge is 0.480 e. The van der Waals surface area contributed by atoms with Gasteiger partial charge >= 0.3 is 5.97 Å². The van der Waals surface area contributed by atoms with E-state index in [9.17, 15) is 9.59 Å². The second-order valence-corrected chi connectivity index (χ2v) is 7.99. The molecule has 0 bridgehead atoms. The number of carboxylic acid groups (broad SMARTS) is 1. The van der Waals surface area contributed by atoms with Gasteiger partial charge in [-0.05, 0) is 57.5 Å². The number of piperidine rings is 1. The maximum absolute atomic E-state index is 11.6. The summed E-state index contributed by atoms with van der Waals surface area (Å²) in [5.41, 5.74) is 5.47. The van der Waals surface area contributed by atoms with Gasteiger partial charge in [-0.2, -0.15) is 5.10 Å². The summed E-state index contributed by atoms with van der Waals surface area (Å²) in [6.07, 6.45) is 5.57. The standard InChI is InChI=1S/C16H26N4O4S.ClH/c17-14(23)15-19-20(16(25-15)10-5-7-18-8-6-10)11-1-3-12(4-2-11)24-9-13(21)22;/h10-12,16,18H,1-9H2,(H2,17,23)(H,21,22);1H/t11-,12-,16?;. The fourth-order valence-corrected chi connectivity index (χ4v) is 5.14. The Morgan fingerprint density at radius 3 is 2.46 bits per heavy atom. The molecule has 1 atom stereocenters. The molecule has 1 saturated heterocycles. The van der Waals surface area contributed by atoms with Gasteiger partial charge in [0.1, 0.15) is 12.0 Å². The van der Waals surface area contributed by atoms with Gasteiger partial charge in [-0.15, -0.1) is 12.4 Å². The Morgan fingerprint density at radius 2 is 1.88 bits per heavy atom. The number of carbonyl (C=O) groups excluding carboxylic acids is 1. The average molecular weight is 407 g/mol. The monoisotopic (exact) mass is 406 g/mol. The molecule has 8 nitrogen and oxygen atoms in total. The molecule has 1 unspecified atom stereocenters. The molecule has 26 heavy (non-hydrogen) atoms. The molecule has 1 saturated carbocycles.